The molecule has 0 aliphatic heterocycles. The molecule has 0 aromatic heterocycles. The number of nitrogens with zero attached hydrogens (tertiary/aromatic N) is 1. The van der Waals surface area contributed by atoms with Crippen molar-refractivity contribution >= 4 is 15.9 Å². The fourth-order valence-electron chi connectivity index (χ4n) is 2.77. The molecule has 0 spiro atoms. The number of carbonyl (C=O) groups is 1. The van der Waals surface area contributed by atoms with Crippen molar-refractivity contribution in [2.45, 2.75) is 43.1 Å². The number of carbonyl (C=O) groups excluding carboxylic acids is 1. The van der Waals surface area contributed by atoms with Gasteiger partial charge >= 0.3 is 0 Å². The molecule has 0 radical (unpaired) electrons. The number of sulfonamides is 1. The van der Waals surface area contributed by atoms with E-state index in [1.807, 2.05) is 0 Å². The number of rotatable bonds is 9. The Morgan fingerprint density at radius 1 is 1.32 bits per heavy atom. The van der Waals surface area contributed by atoms with Crippen LogP contribution in [0.1, 0.15) is 32.1 Å². The zero-order chi connectivity index (χ0) is 18.3. The Bertz CT molecular complexity index is 680. The van der Waals surface area contributed by atoms with E-state index in [-0.39, 0.29) is 16.9 Å². The maximum atomic E-state index is 12.6. The summed E-state index contributed by atoms with van der Waals surface area (Å²) >= 11 is 0. The second-order valence-corrected chi connectivity index (χ2v) is 8.22. The average molecular weight is 366 g/mol. The van der Waals surface area contributed by atoms with Gasteiger partial charge in [0.15, 0.2) is 0 Å². The van der Waals surface area contributed by atoms with Crippen LogP contribution in [-0.2, 0) is 14.8 Å². The predicted molar refractivity (Wildman–Crippen MR) is 97.0 cm³/mol. The minimum Gasteiger partial charge on any atom is -0.490 e. The van der Waals surface area contributed by atoms with E-state index in [1.54, 1.807) is 24.3 Å². The molecule has 0 saturated heterocycles. The first-order valence-electron chi connectivity index (χ1n) is 8.57. The zero-order valence-electron chi connectivity index (χ0n) is 14.6. The Kier molecular flexibility index (Phi) is 7.01. The van der Waals surface area contributed by atoms with Crippen LogP contribution in [0.25, 0.3) is 0 Å². The summed E-state index contributed by atoms with van der Waals surface area (Å²) in [5.41, 5.74) is 0. The lowest BCUT2D eigenvalue weighted by Crippen LogP contribution is -2.31. The molecule has 7 heteroatoms. The van der Waals surface area contributed by atoms with Crippen molar-refractivity contribution in [1.82, 2.24) is 9.62 Å². The highest BCUT2D eigenvalue weighted by Crippen LogP contribution is 2.25. The van der Waals surface area contributed by atoms with Crippen molar-refractivity contribution in [1.29, 1.82) is 0 Å². The molecule has 25 heavy (non-hydrogen) atoms. The predicted octanol–water partition coefficient (Wildman–Crippen LogP) is 2.32. The van der Waals surface area contributed by atoms with Crippen molar-refractivity contribution < 1.29 is 17.9 Å². The van der Waals surface area contributed by atoms with Gasteiger partial charge in [-0.25, -0.2) is 12.7 Å². The molecule has 138 valence electrons. The van der Waals surface area contributed by atoms with Gasteiger partial charge in [-0.05, 0) is 62.4 Å². The first-order valence-corrected chi connectivity index (χ1v) is 10.0. The van der Waals surface area contributed by atoms with Gasteiger partial charge in [0.25, 0.3) is 0 Å². The molecular weight excluding hydrogens is 340 g/mol. The largest absolute Gasteiger partial charge is 0.490 e. The lowest BCUT2D eigenvalue weighted by atomic mass is 10.3. The Hall–Kier alpha value is -1.86. The summed E-state index contributed by atoms with van der Waals surface area (Å²) in [4.78, 5) is 11.3. The molecular formula is C18H26N2O4S. The molecule has 0 atom stereocenters. The maximum Gasteiger partial charge on any atom is 0.243 e. The third-order valence-electron chi connectivity index (χ3n) is 4.27. The number of hydrogen-bond donors (Lipinski definition) is 1. The summed E-state index contributed by atoms with van der Waals surface area (Å²) in [7, 11) is -2.01. The van der Waals surface area contributed by atoms with Crippen LogP contribution >= 0.6 is 0 Å². The zero-order valence-corrected chi connectivity index (χ0v) is 15.4. The summed E-state index contributed by atoms with van der Waals surface area (Å²) < 4.78 is 32.3. The molecule has 0 heterocycles. The highest BCUT2D eigenvalue weighted by Gasteiger charge is 2.21. The van der Waals surface area contributed by atoms with Crippen molar-refractivity contribution in [2.75, 3.05) is 20.1 Å². The van der Waals surface area contributed by atoms with Crippen molar-refractivity contribution in [3.63, 3.8) is 0 Å². The van der Waals surface area contributed by atoms with Gasteiger partial charge in [0.2, 0.25) is 15.9 Å². The topological polar surface area (TPSA) is 75.7 Å². The Morgan fingerprint density at radius 2 is 1.96 bits per heavy atom. The molecule has 1 amide bonds. The first kappa shape index (κ1) is 19.5. The summed E-state index contributed by atoms with van der Waals surface area (Å²) in [5, 5.41) is 2.63. The van der Waals surface area contributed by atoms with Gasteiger partial charge in [-0.15, -0.1) is 0 Å². The number of ether oxygens (including phenoxy) is 1. The fraction of sp³-hybridized carbons (Fsp3) is 0.500. The molecule has 1 aromatic rings. The molecule has 1 fully saturated rings. The van der Waals surface area contributed by atoms with E-state index in [4.69, 9.17) is 4.74 Å². The Labute approximate surface area is 149 Å². The summed E-state index contributed by atoms with van der Waals surface area (Å²) in [6, 6.07) is 6.58. The minimum absolute atomic E-state index is 0.240. The van der Waals surface area contributed by atoms with Gasteiger partial charge in [-0.1, -0.05) is 6.58 Å². The van der Waals surface area contributed by atoms with Crippen LogP contribution in [0.15, 0.2) is 41.8 Å². The van der Waals surface area contributed by atoms with Crippen LogP contribution in [0.4, 0.5) is 0 Å². The van der Waals surface area contributed by atoms with E-state index < -0.39 is 10.0 Å². The quantitative estimate of drug-likeness (QED) is 0.538. The maximum absolute atomic E-state index is 12.6. The van der Waals surface area contributed by atoms with Gasteiger partial charge < -0.3 is 10.1 Å². The first-order chi connectivity index (χ1) is 11.9. The second kappa shape index (κ2) is 9.01. The average Bonchev–Trinajstić information content (AvgIpc) is 3.11. The molecule has 0 bridgehead atoms. The Morgan fingerprint density at radius 3 is 2.56 bits per heavy atom. The second-order valence-electron chi connectivity index (χ2n) is 6.17. The molecule has 1 aromatic carbocycles. The monoisotopic (exact) mass is 366 g/mol. The summed E-state index contributed by atoms with van der Waals surface area (Å²) in [6.07, 6.45) is 6.46. The minimum atomic E-state index is -3.54. The van der Waals surface area contributed by atoms with Crippen molar-refractivity contribution in [3.05, 3.63) is 36.9 Å². The fourth-order valence-corrected chi connectivity index (χ4v) is 3.98. The standard InChI is InChI=1S/C18H26N2O4S/c1-3-18(21)19-13-6-14-20(2)25(22,23)17-11-9-16(10-12-17)24-15-7-4-5-8-15/h3,9-12,15H,1,4-8,13-14H2,2H3,(H,19,21). The van der Waals surface area contributed by atoms with E-state index in [2.05, 4.69) is 11.9 Å². The number of nitrogens with one attached hydrogen (secondary N) is 1. The van der Waals surface area contributed by atoms with Gasteiger partial charge in [0, 0.05) is 20.1 Å². The number of hydrogen-bond acceptors (Lipinski definition) is 4. The number of amides is 1. The van der Waals surface area contributed by atoms with Crippen LogP contribution in [0, 0.1) is 0 Å². The van der Waals surface area contributed by atoms with Crippen LogP contribution < -0.4 is 10.1 Å². The SMILES string of the molecule is C=CC(=O)NCCCN(C)S(=O)(=O)c1ccc(OC2CCCC2)cc1. The highest BCUT2D eigenvalue weighted by atomic mass is 32.2. The van der Waals surface area contributed by atoms with E-state index in [0.717, 1.165) is 12.8 Å². The van der Waals surface area contributed by atoms with E-state index >= 15 is 0 Å². The lowest BCUT2D eigenvalue weighted by Gasteiger charge is -2.18. The van der Waals surface area contributed by atoms with Gasteiger partial charge in [0.1, 0.15) is 5.75 Å². The van der Waals surface area contributed by atoms with E-state index in [1.165, 1.54) is 30.3 Å². The molecule has 1 aliphatic carbocycles. The summed E-state index contributed by atoms with van der Waals surface area (Å²) in [5.74, 6) is 0.448. The third-order valence-corrected chi connectivity index (χ3v) is 6.14. The van der Waals surface area contributed by atoms with Crippen LogP contribution in [0.3, 0.4) is 0 Å². The van der Waals surface area contributed by atoms with Gasteiger partial charge in [0.05, 0.1) is 11.0 Å². The Balaban J connectivity index is 1.88. The van der Waals surface area contributed by atoms with Crippen LogP contribution in [0.2, 0.25) is 0 Å². The normalized spacial score (nSPS) is 15.3. The van der Waals surface area contributed by atoms with Gasteiger partial charge in [-0.3, -0.25) is 4.79 Å². The van der Waals surface area contributed by atoms with Crippen LogP contribution in [-0.4, -0.2) is 44.9 Å². The molecule has 1 saturated carbocycles. The lowest BCUT2D eigenvalue weighted by molar-refractivity contribution is -0.116. The van der Waals surface area contributed by atoms with E-state index in [0.29, 0.717) is 25.3 Å². The van der Waals surface area contributed by atoms with E-state index in [9.17, 15) is 13.2 Å². The molecule has 2 rings (SSSR count). The van der Waals surface area contributed by atoms with Crippen LogP contribution in [0.5, 0.6) is 5.75 Å². The molecule has 0 unspecified atom stereocenters. The van der Waals surface area contributed by atoms with Crippen molar-refractivity contribution in [3.8, 4) is 5.75 Å². The van der Waals surface area contributed by atoms with Crippen molar-refractivity contribution in [2.24, 2.45) is 0 Å². The molecule has 1 N–H and O–H groups in total. The van der Waals surface area contributed by atoms with Gasteiger partial charge in [-0.2, -0.15) is 0 Å². The third kappa shape index (κ3) is 5.57. The smallest absolute Gasteiger partial charge is 0.243 e. The highest BCUT2D eigenvalue weighted by molar-refractivity contribution is 7.89. The molecule has 1 aliphatic rings. The molecule has 6 nitrogen and oxygen atoms in total. The number of benzene rings is 1. The summed E-state index contributed by atoms with van der Waals surface area (Å²) in [6.45, 7) is 4.09.